The number of unbranched alkanes of at least 4 members (excludes halogenated alkanes) is 1. The van der Waals surface area contributed by atoms with Crippen molar-refractivity contribution in [2.75, 3.05) is 13.1 Å². The largest absolute Gasteiger partial charge is 0.354 e. The van der Waals surface area contributed by atoms with Crippen molar-refractivity contribution in [1.29, 1.82) is 5.26 Å². The molecule has 84 valence electrons. The van der Waals surface area contributed by atoms with Crippen LogP contribution in [-0.4, -0.2) is 24.5 Å². The third-order valence-electron chi connectivity index (χ3n) is 3.03. The molecule has 4 heteroatoms. The standard InChI is InChI=1S/C11H19N3O/c1-2-11(6-5-9-14-11)10(15)13-8-4-3-7-12/h14H,2-6,8-9H2,1H3,(H,13,15). The van der Waals surface area contributed by atoms with Crippen LogP contribution in [0.1, 0.15) is 39.0 Å². The number of nitriles is 1. The Balaban J connectivity index is 2.34. The van der Waals surface area contributed by atoms with Gasteiger partial charge in [0.25, 0.3) is 0 Å². The van der Waals surface area contributed by atoms with Crippen LogP contribution >= 0.6 is 0 Å². The molecule has 0 aromatic carbocycles. The molecule has 1 rings (SSSR count). The fourth-order valence-corrected chi connectivity index (χ4v) is 2.00. The summed E-state index contributed by atoms with van der Waals surface area (Å²) >= 11 is 0. The summed E-state index contributed by atoms with van der Waals surface area (Å²) in [5, 5.41) is 14.5. The van der Waals surface area contributed by atoms with E-state index in [4.69, 9.17) is 5.26 Å². The van der Waals surface area contributed by atoms with Crippen molar-refractivity contribution < 1.29 is 4.79 Å². The van der Waals surface area contributed by atoms with Crippen LogP contribution in [0, 0.1) is 11.3 Å². The molecular weight excluding hydrogens is 190 g/mol. The maximum absolute atomic E-state index is 11.9. The highest BCUT2D eigenvalue weighted by molar-refractivity contribution is 5.86. The molecule has 0 saturated carbocycles. The van der Waals surface area contributed by atoms with Crippen molar-refractivity contribution in [3.63, 3.8) is 0 Å². The maximum Gasteiger partial charge on any atom is 0.240 e. The van der Waals surface area contributed by atoms with Gasteiger partial charge in [0.05, 0.1) is 11.6 Å². The van der Waals surface area contributed by atoms with Crippen molar-refractivity contribution in [3.05, 3.63) is 0 Å². The second kappa shape index (κ2) is 5.72. The van der Waals surface area contributed by atoms with Gasteiger partial charge < -0.3 is 10.6 Å². The lowest BCUT2D eigenvalue weighted by Gasteiger charge is -2.26. The Morgan fingerprint density at radius 2 is 2.47 bits per heavy atom. The number of amides is 1. The summed E-state index contributed by atoms with van der Waals surface area (Å²) in [5.74, 6) is 0.0976. The van der Waals surface area contributed by atoms with Crippen molar-refractivity contribution >= 4 is 5.91 Å². The van der Waals surface area contributed by atoms with E-state index >= 15 is 0 Å². The predicted octanol–water partition coefficient (Wildman–Crippen LogP) is 0.939. The second-order valence-electron chi connectivity index (χ2n) is 3.98. The van der Waals surface area contributed by atoms with Gasteiger partial charge in [0, 0.05) is 13.0 Å². The zero-order valence-electron chi connectivity index (χ0n) is 9.31. The van der Waals surface area contributed by atoms with E-state index < -0.39 is 0 Å². The minimum absolute atomic E-state index is 0.0976. The van der Waals surface area contributed by atoms with Crippen LogP contribution in [0.25, 0.3) is 0 Å². The number of carbonyl (C=O) groups excluding carboxylic acids is 1. The minimum atomic E-state index is -0.341. The average Bonchev–Trinajstić information content (AvgIpc) is 2.74. The Hall–Kier alpha value is -1.08. The van der Waals surface area contributed by atoms with E-state index in [2.05, 4.69) is 16.7 Å². The fourth-order valence-electron chi connectivity index (χ4n) is 2.00. The lowest BCUT2D eigenvalue weighted by Crippen LogP contribution is -2.53. The minimum Gasteiger partial charge on any atom is -0.354 e. The zero-order valence-corrected chi connectivity index (χ0v) is 9.31. The number of rotatable bonds is 5. The summed E-state index contributed by atoms with van der Waals surface area (Å²) in [5.41, 5.74) is -0.341. The summed E-state index contributed by atoms with van der Waals surface area (Å²) < 4.78 is 0. The molecule has 15 heavy (non-hydrogen) atoms. The Bertz CT molecular complexity index is 251. The van der Waals surface area contributed by atoms with Crippen LogP contribution in [0.4, 0.5) is 0 Å². The van der Waals surface area contributed by atoms with Gasteiger partial charge in [0.15, 0.2) is 0 Å². The van der Waals surface area contributed by atoms with E-state index in [1.54, 1.807) is 0 Å². The van der Waals surface area contributed by atoms with E-state index in [0.717, 1.165) is 32.2 Å². The third-order valence-corrected chi connectivity index (χ3v) is 3.03. The van der Waals surface area contributed by atoms with Crippen LogP contribution in [0.15, 0.2) is 0 Å². The monoisotopic (exact) mass is 209 g/mol. The van der Waals surface area contributed by atoms with Crippen LogP contribution < -0.4 is 10.6 Å². The highest BCUT2D eigenvalue weighted by atomic mass is 16.2. The molecule has 4 nitrogen and oxygen atoms in total. The Kier molecular flexibility index (Phi) is 4.57. The fraction of sp³-hybridized carbons (Fsp3) is 0.818. The summed E-state index contributed by atoms with van der Waals surface area (Å²) in [6, 6.07) is 2.07. The van der Waals surface area contributed by atoms with E-state index in [9.17, 15) is 4.79 Å². The molecule has 1 fully saturated rings. The predicted molar refractivity (Wildman–Crippen MR) is 58.1 cm³/mol. The quantitative estimate of drug-likeness (QED) is 0.662. The van der Waals surface area contributed by atoms with Gasteiger partial charge in [-0.05, 0) is 32.2 Å². The molecule has 0 radical (unpaired) electrons. The van der Waals surface area contributed by atoms with Gasteiger partial charge in [0.2, 0.25) is 5.91 Å². The molecule has 0 aliphatic carbocycles. The SMILES string of the molecule is CCC1(C(=O)NCCCC#N)CCCN1. The lowest BCUT2D eigenvalue weighted by molar-refractivity contribution is -0.127. The van der Waals surface area contributed by atoms with Crippen molar-refractivity contribution in [3.8, 4) is 6.07 Å². The normalized spacial score (nSPS) is 24.8. The molecule has 0 spiro atoms. The van der Waals surface area contributed by atoms with E-state index in [-0.39, 0.29) is 11.4 Å². The van der Waals surface area contributed by atoms with E-state index in [1.807, 2.05) is 6.92 Å². The van der Waals surface area contributed by atoms with Crippen molar-refractivity contribution in [1.82, 2.24) is 10.6 Å². The summed E-state index contributed by atoms with van der Waals surface area (Å²) in [6.07, 6.45) is 4.07. The summed E-state index contributed by atoms with van der Waals surface area (Å²) in [4.78, 5) is 11.9. The molecule has 1 aliphatic rings. The number of hydrogen-bond acceptors (Lipinski definition) is 3. The van der Waals surface area contributed by atoms with Gasteiger partial charge in [-0.3, -0.25) is 4.79 Å². The molecule has 1 saturated heterocycles. The first-order valence-electron chi connectivity index (χ1n) is 5.65. The first-order valence-corrected chi connectivity index (χ1v) is 5.65. The molecule has 0 aromatic rings. The van der Waals surface area contributed by atoms with Crippen molar-refractivity contribution in [2.45, 2.75) is 44.6 Å². The lowest BCUT2D eigenvalue weighted by atomic mass is 9.93. The van der Waals surface area contributed by atoms with Gasteiger partial charge in [0.1, 0.15) is 0 Å². The first kappa shape index (κ1) is 12.0. The van der Waals surface area contributed by atoms with Gasteiger partial charge in [-0.15, -0.1) is 0 Å². The third kappa shape index (κ3) is 2.93. The van der Waals surface area contributed by atoms with E-state index in [0.29, 0.717) is 13.0 Å². The molecule has 2 N–H and O–H groups in total. The highest BCUT2D eigenvalue weighted by Gasteiger charge is 2.38. The molecule has 1 unspecified atom stereocenters. The average molecular weight is 209 g/mol. The van der Waals surface area contributed by atoms with Gasteiger partial charge >= 0.3 is 0 Å². The van der Waals surface area contributed by atoms with Crippen LogP contribution in [-0.2, 0) is 4.79 Å². The van der Waals surface area contributed by atoms with Gasteiger partial charge in [-0.1, -0.05) is 6.92 Å². The molecule has 0 aromatic heterocycles. The molecule has 1 amide bonds. The van der Waals surface area contributed by atoms with Gasteiger partial charge in [-0.25, -0.2) is 0 Å². The Morgan fingerprint density at radius 3 is 3.00 bits per heavy atom. The van der Waals surface area contributed by atoms with Crippen LogP contribution in [0.2, 0.25) is 0 Å². The van der Waals surface area contributed by atoms with Crippen LogP contribution in [0.5, 0.6) is 0 Å². The number of nitrogens with one attached hydrogen (secondary N) is 2. The number of hydrogen-bond donors (Lipinski definition) is 2. The summed E-state index contributed by atoms with van der Waals surface area (Å²) in [6.45, 7) is 3.57. The second-order valence-corrected chi connectivity index (χ2v) is 3.98. The van der Waals surface area contributed by atoms with Crippen molar-refractivity contribution in [2.24, 2.45) is 0 Å². The molecule has 1 heterocycles. The van der Waals surface area contributed by atoms with Crippen LogP contribution in [0.3, 0.4) is 0 Å². The smallest absolute Gasteiger partial charge is 0.240 e. The number of nitrogens with zero attached hydrogens (tertiary/aromatic N) is 1. The molecule has 1 atom stereocenters. The Labute approximate surface area is 91.0 Å². The van der Waals surface area contributed by atoms with Gasteiger partial charge in [-0.2, -0.15) is 5.26 Å². The molecular formula is C11H19N3O. The molecule has 1 aliphatic heterocycles. The Morgan fingerprint density at radius 1 is 1.67 bits per heavy atom. The van der Waals surface area contributed by atoms with E-state index in [1.165, 1.54) is 0 Å². The topological polar surface area (TPSA) is 64.9 Å². The zero-order chi connectivity index (χ0) is 11.1. The highest BCUT2D eigenvalue weighted by Crippen LogP contribution is 2.22. The first-order chi connectivity index (χ1) is 7.25. The molecule has 0 bridgehead atoms. The summed E-state index contributed by atoms with van der Waals surface area (Å²) in [7, 11) is 0. The maximum atomic E-state index is 11.9. The number of carbonyl (C=O) groups is 1.